The first-order valence-corrected chi connectivity index (χ1v) is 15.3. The molecule has 0 spiro atoms. The second-order valence-electron chi connectivity index (χ2n) is 10.9. The second-order valence-corrected chi connectivity index (χ2v) is 10.9. The number of hydrogen-bond acceptors (Lipinski definition) is 5. The molecule has 5 heteroatoms. The summed E-state index contributed by atoms with van der Waals surface area (Å²) in [5.74, 6) is 2.39. The van der Waals surface area contributed by atoms with Crippen molar-refractivity contribution in [2.45, 2.75) is 110 Å². The van der Waals surface area contributed by atoms with Crippen LogP contribution in [0.25, 0.3) is 0 Å². The van der Waals surface area contributed by atoms with E-state index in [4.69, 9.17) is 14.2 Å². The summed E-state index contributed by atoms with van der Waals surface area (Å²) in [5, 5.41) is 0. The molecule has 0 N–H and O–H groups in total. The van der Waals surface area contributed by atoms with Crippen LogP contribution in [0.2, 0.25) is 0 Å². The van der Waals surface area contributed by atoms with Gasteiger partial charge in [0.05, 0.1) is 18.8 Å². The molecular weight excluding hydrogens is 488 g/mol. The molecule has 0 bridgehead atoms. The fourth-order valence-corrected chi connectivity index (χ4v) is 5.34. The van der Waals surface area contributed by atoms with Crippen LogP contribution in [0.3, 0.4) is 0 Å². The summed E-state index contributed by atoms with van der Waals surface area (Å²) in [7, 11) is 0. The maximum Gasteiger partial charge on any atom is 0.343 e. The number of hydrogen-bond donors (Lipinski definition) is 0. The summed E-state index contributed by atoms with van der Waals surface area (Å²) in [5.41, 5.74) is 1.87. The number of ether oxygens (including phenoxy) is 3. The summed E-state index contributed by atoms with van der Waals surface area (Å²) in [6.45, 7) is 5.24. The fourth-order valence-electron chi connectivity index (χ4n) is 5.34. The topological polar surface area (TPSA) is 61.8 Å². The molecule has 5 nitrogen and oxygen atoms in total. The smallest absolute Gasteiger partial charge is 0.343 e. The minimum Gasteiger partial charge on any atom is -0.494 e. The van der Waals surface area contributed by atoms with Gasteiger partial charge in [-0.1, -0.05) is 70.9 Å². The Bertz CT molecular complexity index is 958. The van der Waals surface area contributed by atoms with Crippen LogP contribution < -0.4 is 9.47 Å². The molecule has 0 radical (unpaired) electrons. The zero-order chi connectivity index (χ0) is 27.7. The second kappa shape index (κ2) is 17.7. The van der Waals surface area contributed by atoms with Gasteiger partial charge in [0, 0.05) is 6.42 Å². The van der Waals surface area contributed by atoms with Gasteiger partial charge >= 0.3 is 11.9 Å². The Labute approximate surface area is 235 Å². The Morgan fingerprint density at radius 1 is 0.718 bits per heavy atom. The summed E-state index contributed by atoms with van der Waals surface area (Å²) < 4.78 is 16.5. The van der Waals surface area contributed by atoms with E-state index in [1.165, 1.54) is 56.9 Å². The van der Waals surface area contributed by atoms with E-state index in [9.17, 15) is 9.59 Å². The standard InChI is InChI=1S/C34H48O5/c1-3-5-9-12-27-13-15-28(16-14-27)29-17-23-32(24-18-29)39-34(36)30-19-21-31(22-20-30)37-25-10-7-6-8-11-26-38-33(35)4-2/h17-24,27-28H,3-16,25-26H2,1-2H3. The van der Waals surface area contributed by atoms with Crippen LogP contribution in [-0.4, -0.2) is 25.2 Å². The summed E-state index contributed by atoms with van der Waals surface area (Å²) in [6, 6.07) is 15.3. The van der Waals surface area contributed by atoms with Crippen molar-refractivity contribution in [3.05, 3.63) is 59.7 Å². The molecule has 39 heavy (non-hydrogen) atoms. The van der Waals surface area contributed by atoms with E-state index in [0.717, 1.165) is 43.8 Å². The third-order valence-corrected chi connectivity index (χ3v) is 7.82. The van der Waals surface area contributed by atoms with E-state index >= 15 is 0 Å². The molecule has 1 saturated carbocycles. The average molecular weight is 537 g/mol. The van der Waals surface area contributed by atoms with Gasteiger partial charge in [0.1, 0.15) is 11.5 Å². The van der Waals surface area contributed by atoms with Gasteiger partial charge < -0.3 is 14.2 Å². The van der Waals surface area contributed by atoms with Crippen LogP contribution in [0.15, 0.2) is 48.5 Å². The van der Waals surface area contributed by atoms with Gasteiger partial charge in [-0.2, -0.15) is 0 Å². The lowest BCUT2D eigenvalue weighted by Gasteiger charge is -2.29. The molecule has 2 aromatic rings. The zero-order valence-corrected chi connectivity index (χ0v) is 24.1. The summed E-state index contributed by atoms with van der Waals surface area (Å²) in [6.07, 6.45) is 16.2. The van der Waals surface area contributed by atoms with Crippen molar-refractivity contribution in [2.24, 2.45) is 5.92 Å². The fraction of sp³-hybridized carbons (Fsp3) is 0.588. The molecule has 214 valence electrons. The van der Waals surface area contributed by atoms with Crippen LogP contribution >= 0.6 is 0 Å². The van der Waals surface area contributed by atoms with Gasteiger partial charge in [-0.3, -0.25) is 4.79 Å². The predicted molar refractivity (Wildman–Crippen MR) is 157 cm³/mol. The first-order valence-electron chi connectivity index (χ1n) is 15.3. The van der Waals surface area contributed by atoms with Crippen molar-refractivity contribution in [2.75, 3.05) is 13.2 Å². The highest BCUT2D eigenvalue weighted by molar-refractivity contribution is 5.91. The molecule has 0 heterocycles. The molecule has 1 aliphatic rings. The number of carbonyl (C=O) groups is 2. The van der Waals surface area contributed by atoms with Gasteiger partial charge in [-0.05, 0) is 92.3 Å². The molecule has 0 saturated heterocycles. The first-order chi connectivity index (χ1) is 19.1. The van der Waals surface area contributed by atoms with Crippen LogP contribution in [-0.2, 0) is 9.53 Å². The molecule has 2 aromatic carbocycles. The van der Waals surface area contributed by atoms with Crippen molar-refractivity contribution in [1.82, 2.24) is 0 Å². The van der Waals surface area contributed by atoms with Gasteiger partial charge in [0.25, 0.3) is 0 Å². The van der Waals surface area contributed by atoms with E-state index in [2.05, 4.69) is 19.1 Å². The van der Waals surface area contributed by atoms with E-state index in [1.54, 1.807) is 19.1 Å². The zero-order valence-electron chi connectivity index (χ0n) is 24.1. The quantitative estimate of drug-likeness (QED) is 0.115. The Kier molecular flexibility index (Phi) is 13.9. The largest absolute Gasteiger partial charge is 0.494 e. The van der Waals surface area contributed by atoms with Crippen LogP contribution in [0, 0.1) is 5.92 Å². The number of benzene rings is 2. The van der Waals surface area contributed by atoms with E-state index in [1.807, 2.05) is 24.3 Å². The lowest BCUT2D eigenvalue weighted by Crippen LogP contribution is -2.13. The van der Waals surface area contributed by atoms with Crippen LogP contribution in [0.5, 0.6) is 11.5 Å². The van der Waals surface area contributed by atoms with Crippen molar-refractivity contribution >= 4 is 11.9 Å². The predicted octanol–water partition coefficient (Wildman–Crippen LogP) is 9.04. The van der Waals surface area contributed by atoms with Crippen LogP contribution in [0.4, 0.5) is 0 Å². The normalized spacial score (nSPS) is 17.0. The van der Waals surface area contributed by atoms with Gasteiger partial charge in [0.2, 0.25) is 0 Å². The Morgan fingerprint density at radius 3 is 2.03 bits per heavy atom. The minimum atomic E-state index is -0.355. The van der Waals surface area contributed by atoms with Crippen LogP contribution in [0.1, 0.15) is 126 Å². The molecule has 0 aromatic heterocycles. The molecule has 0 amide bonds. The first kappa shape index (κ1) is 30.7. The lowest BCUT2D eigenvalue weighted by atomic mass is 9.77. The average Bonchev–Trinajstić information content (AvgIpc) is 2.97. The molecule has 1 fully saturated rings. The SMILES string of the molecule is CCCCCC1CCC(c2ccc(OC(=O)c3ccc(OCCCCCCCOC(=O)CC)cc3)cc2)CC1. The molecule has 0 unspecified atom stereocenters. The Hall–Kier alpha value is -2.82. The third-order valence-electron chi connectivity index (χ3n) is 7.82. The molecular formula is C34H48O5. The lowest BCUT2D eigenvalue weighted by molar-refractivity contribution is -0.143. The number of rotatable bonds is 17. The van der Waals surface area contributed by atoms with Crippen molar-refractivity contribution in [1.29, 1.82) is 0 Å². The summed E-state index contributed by atoms with van der Waals surface area (Å²) >= 11 is 0. The van der Waals surface area contributed by atoms with E-state index < -0.39 is 0 Å². The molecule has 0 atom stereocenters. The number of carbonyl (C=O) groups excluding carboxylic acids is 2. The summed E-state index contributed by atoms with van der Waals surface area (Å²) in [4.78, 5) is 23.7. The highest BCUT2D eigenvalue weighted by atomic mass is 16.5. The van der Waals surface area contributed by atoms with Crippen molar-refractivity contribution < 1.29 is 23.8 Å². The highest BCUT2D eigenvalue weighted by Crippen LogP contribution is 2.38. The molecule has 0 aliphatic heterocycles. The Balaban J connectivity index is 1.31. The molecule has 3 rings (SSSR count). The van der Waals surface area contributed by atoms with Crippen molar-refractivity contribution in [3.63, 3.8) is 0 Å². The van der Waals surface area contributed by atoms with Gasteiger partial charge in [0.15, 0.2) is 0 Å². The van der Waals surface area contributed by atoms with E-state index in [-0.39, 0.29) is 11.9 Å². The number of esters is 2. The maximum absolute atomic E-state index is 12.6. The monoisotopic (exact) mass is 536 g/mol. The third kappa shape index (κ3) is 11.4. The van der Waals surface area contributed by atoms with Gasteiger partial charge in [-0.25, -0.2) is 4.79 Å². The Morgan fingerprint density at radius 2 is 1.36 bits per heavy atom. The minimum absolute atomic E-state index is 0.128. The maximum atomic E-state index is 12.6. The highest BCUT2D eigenvalue weighted by Gasteiger charge is 2.22. The van der Waals surface area contributed by atoms with Gasteiger partial charge in [-0.15, -0.1) is 0 Å². The number of unbranched alkanes of at least 4 members (excludes halogenated alkanes) is 6. The van der Waals surface area contributed by atoms with Crippen molar-refractivity contribution in [3.8, 4) is 11.5 Å². The van der Waals surface area contributed by atoms with E-state index in [0.29, 0.717) is 36.9 Å². The molecule has 1 aliphatic carbocycles.